The van der Waals surface area contributed by atoms with E-state index in [1.54, 1.807) is 6.08 Å². The highest BCUT2D eigenvalue weighted by Gasteiger charge is 2.07. The highest BCUT2D eigenvalue weighted by Crippen LogP contribution is 2.20. The maximum absolute atomic E-state index is 12.1. The lowest BCUT2D eigenvalue weighted by atomic mass is 9.93. The number of carbonyl (C=O) groups excluding carboxylic acids is 1. The van der Waals surface area contributed by atoms with Crippen LogP contribution in [0.15, 0.2) is 91.0 Å². The fourth-order valence-corrected chi connectivity index (χ4v) is 3.91. The van der Waals surface area contributed by atoms with Gasteiger partial charge in [0.2, 0.25) is 0 Å². The summed E-state index contributed by atoms with van der Waals surface area (Å²) in [7, 11) is 0. The lowest BCUT2D eigenvalue weighted by Gasteiger charge is -2.12. The zero-order chi connectivity index (χ0) is 21.7. The van der Waals surface area contributed by atoms with Crippen molar-refractivity contribution in [2.75, 3.05) is 0 Å². The number of allylic oxidation sites excluding steroid dienone is 2. The Morgan fingerprint density at radius 2 is 1.35 bits per heavy atom. The van der Waals surface area contributed by atoms with Gasteiger partial charge in [-0.2, -0.15) is 0 Å². The van der Waals surface area contributed by atoms with Crippen LogP contribution in [0.4, 0.5) is 0 Å². The summed E-state index contributed by atoms with van der Waals surface area (Å²) in [5.41, 5.74) is 6.66. The van der Waals surface area contributed by atoms with Gasteiger partial charge in [0.15, 0.2) is 5.78 Å². The minimum absolute atomic E-state index is 0.251. The fraction of sp³-hybridized carbons (Fsp3) is 0.300. The van der Waals surface area contributed by atoms with Crippen LogP contribution < -0.4 is 0 Å². The maximum atomic E-state index is 12.1. The number of hydrogen-bond acceptors (Lipinski definition) is 1. The summed E-state index contributed by atoms with van der Waals surface area (Å²) in [4.78, 5) is 12.1. The Kier molecular flexibility index (Phi) is 9.32. The third-order valence-electron chi connectivity index (χ3n) is 5.68. The summed E-state index contributed by atoms with van der Waals surface area (Å²) >= 11 is 0. The second kappa shape index (κ2) is 12.7. The van der Waals surface area contributed by atoms with E-state index >= 15 is 0 Å². The quantitative estimate of drug-likeness (QED) is 0.223. The van der Waals surface area contributed by atoms with Gasteiger partial charge in [-0.15, -0.1) is 0 Å². The van der Waals surface area contributed by atoms with E-state index in [1.807, 2.05) is 6.08 Å². The van der Waals surface area contributed by atoms with E-state index < -0.39 is 0 Å². The summed E-state index contributed by atoms with van der Waals surface area (Å²) < 4.78 is 0. The molecule has 0 saturated carbocycles. The summed E-state index contributed by atoms with van der Waals surface area (Å²) in [6.07, 6.45) is 11.7. The minimum atomic E-state index is 0.251. The van der Waals surface area contributed by atoms with Crippen molar-refractivity contribution in [2.45, 2.75) is 58.3 Å². The van der Waals surface area contributed by atoms with E-state index in [1.165, 1.54) is 40.7 Å². The van der Waals surface area contributed by atoms with Crippen LogP contribution in [-0.4, -0.2) is 5.78 Å². The first-order valence-electron chi connectivity index (χ1n) is 11.6. The molecule has 0 spiro atoms. The molecule has 0 radical (unpaired) electrons. The Morgan fingerprint density at radius 1 is 0.710 bits per heavy atom. The number of rotatable bonds is 12. The van der Waals surface area contributed by atoms with Crippen LogP contribution in [0.25, 0.3) is 0 Å². The lowest BCUT2D eigenvalue weighted by Crippen LogP contribution is -1.99. The lowest BCUT2D eigenvalue weighted by molar-refractivity contribution is -0.114. The van der Waals surface area contributed by atoms with Crippen LogP contribution in [-0.2, 0) is 24.1 Å². The molecule has 0 unspecified atom stereocenters. The van der Waals surface area contributed by atoms with Crippen LogP contribution in [0.2, 0.25) is 0 Å². The van der Waals surface area contributed by atoms with E-state index in [0.717, 1.165) is 32.1 Å². The first-order chi connectivity index (χ1) is 15.2. The van der Waals surface area contributed by atoms with E-state index in [-0.39, 0.29) is 5.78 Å². The molecule has 1 nitrogen and oxygen atoms in total. The van der Waals surface area contributed by atoms with Crippen molar-refractivity contribution in [3.8, 4) is 0 Å². The second-order valence-corrected chi connectivity index (χ2v) is 8.31. The van der Waals surface area contributed by atoms with Crippen molar-refractivity contribution in [2.24, 2.45) is 0 Å². The monoisotopic (exact) mass is 410 g/mol. The maximum Gasteiger partial charge on any atom is 0.155 e. The Balaban J connectivity index is 1.69. The molecule has 0 saturated heterocycles. The predicted molar refractivity (Wildman–Crippen MR) is 132 cm³/mol. The van der Waals surface area contributed by atoms with Crippen LogP contribution in [0.1, 0.15) is 66.8 Å². The van der Waals surface area contributed by atoms with Gasteiger partial charge in [0.1, 0.15) is 0 Å². The van der Waals surface area contributed by atoms with Gasteiger partial charge >= 0.3 is 0 Å². The molecule has 31 heavy (non-hydrogen) atoms. The van der Waals surface area contributed by atoms with Crippen LogP contribution in [0.5, 0.6) is 0 Å². The molecule has 0 aliphatic carbocycles. The van der Waals surface area contributed by atoms with Crippen LogP contribution in [0.3, 0.4) is 0 Å². The standard InChI is InChI=1S/C30H34O/c1-2-3-4-11-18-30(31)19-12-17-27-20-21-28(22-25-13-7-5-8-14-25)29(24-27)23-26-15-9-6-10-16-26/h5-10,12-16,19-21,24H,2-4,11,17-18,22-23H2,1H3/b19-12+. The largest absolute Gasteiger partial charge is 0.295 e. The molecule has 0 aliphatic heterocycles. The van der Waals surface area contributed by atoms with E-state index in [2.05, 4.69) is 85.8 Å². The Bertz CT molecular complexity index is 954. The average molecular weight is 411 g/mol. The minimum Gasteiger partial charge on any atom is -0.295 e. The molecular formula is C30H34O. The number of hydrogen-bond donors (Lipinski definition) is 0. The van der Waals surface area contributed by atoms with Gasteiger partial charge in [0.25, 0.3) is 0 Å². The average Bonchev–Trinajstić information content (AvgIpc) is 2.80. The van der Waals surface area contributed by atoms with Crippen molar-refractivity contribution < 1.29 is 4.79 Å². The Morgan fingerprint density at radius 3 is 2.00 bits per heavy atom. The number of carbonyl (C=O) groups is 1. The van der Waals surface area contributed by atoms with Crippen molar-refractivity contribution >= 4 is 5.78 Å². The molecule has 0 N–H and O–H groups in total. The molecule has 0 aliphatic rings. The summed E-state index contributed by atoms with van der Waals surface area (Å²) in [6.45, 7) is 2.19. The third kappa shape index (κ3) is 8.02. The summed E-state index contributed by atoms with van der Waals surface area (Å²) in [6, 6.07) is 28.1. The molecule has 0 aromatic heterocycles. The number of ketones is 1. The summed E-state index contributed by atoms with van der Waals surface area (Å²) in [5, 5.41) is 0. The van der Waals surface area contributed by atoms with Gasteiger partial charge in [0, 0.05) is 6.42 Å². The number of benzene rings is 3. The Hall–Kier alpha value is -2.93. The third-order valence-corrected chi connectivity index (χ3v) is 5.68. The second-order valence-electron chi connectivity index (χ2n) is 8.31. The summed E-state index contributed by atoms with van der Waals surface area (Å²) in [5.74, 6) is 0.251. The predicted octanol–water partition coefficient (Wildman–Crippen LogP) is 7.51. The van der Waals surface area contributed by atoms with Crippen molar-refractivity contribution in [3.05, 3.63) is 119 Å². The zero-order valence-electron chi connectivity index (χ0n) is 18.7. The first-order valence-corrected chi connectivity index (χ1v) is 11.6. The fourth-order valence-electron chi connectivity index (χ4n) is 3.91. The molecule has 0 atom stereocenters. The Labute approximate surface area is 187 Å². The van der Waals surface area contributed by atoms with Gasteiger partial charge in [-0.05, 0) is 59.6 Å². The van der Waals surface area contributed by atoms with Gasteiger partial charge in [-0.3, -0.25) is 4.79 Å². The van der Waals surface area contributed by atoms with E-state index in [9.17, 15) is 4.79 Å². The van der Waals surface area contributed by atoms with Crippen molar-refractivity contribution in [1.29, 1.82) is 0 Å². The van der Waals surface area contributed by atoms with Crippen LogP contribution >= 0.6 is 0 Å². The van der Waals surface area contributed by atoms with Gasteiger partial charge in [-0.25, -0.2) is 0 Å². The molecule has 0 bridgehead atoms. The molecule has 3 aromatic carbocycles. The molecule has 0 amide bonds. The molecule has 3 aromatic rings. The topological polar surface area (TPSA) is 17.1 Å². The molecule has 3 rings (SSSR count). The molecule has 160 valence electrons. The molecule has 0 heterocycles. The normalized spacial score (nSPS) is 11.1. The molecule has 1 heteroatoms. The zero-order valence-corrected chi connectivity index (χ0v) is 18.7. The first kappa shape index (κ1) is 22.7. The van der Waals surface area contributed by atoms with Crippen LogP contribution in [0, 0.1) is 0 Å². The van der Waals surface area contributed by atoms with Crippen molar-refractivity contribution in [3.63, 3.8) is 0 Å². The van der Waals surface area contributed by atoms with Gasteiger partial charge in [-0.1, -0.05) is 111 Å². The van der Waals surface area contributed by atoms with Crippen molar-refractivity contribution in [1.82, 2.24) is 0 Å². The van der Waals surface area contributed by atoms with Gasteiger partial charge < -0.3 is 0 Å². The molecular weight excluding hydrogens is 376 g/mol. The smallest absolute Gasteiger partial charge is 0.155 e. The highest BCUT2D eigenvalue weighted by atomic mass is 16.1. The van der Waals surface area contributed by atoms with E-state index in [4.69, 9.17) is 0 Å². The SMILES string of the molecule is CCCCCCC(=O)/C=C/Cc1ccc(Cc2ccccc2)c(Cc2ccccc2)c1. The highest BCUT2D eigenvalue weighted by molar-refractivity contribution is 5.89. The number of unbranched alkanes of at least 4 members (excludes halogenated alkanes) is 3. The molecule has 0 fully saturated rings. The van der Waals surface area contributed by atoms with Gasteiger partial charge in [0.05, 0.1) is 0 Å². The van der Waals surface area contributed by atoms with E-state index in [0.29, 0.717) is 6.42 Å².